The Kier molecular flexibility index (Phi) is 8.46. The zero-order chi connectivity index (χ0) is 25.3. The van der Waals surface area contributed by atoms with E-state index < -0.39 is 6.04 Å². The van der Waals surface area contributed by atoms with Crippen LogP contribution in [0.3, 0.4) is 0 Å². The molecule has 0 spiro atoms. The smallest absolute Gasteiger partial charge is 0.247 e. The molecule has 1 N–H and O–H groups in total. The largest absolute Gasteiger partial charge is 0.467 e. The van der Waals surface area contributed by atoms with Gasteiger partial charge in [-0.25, -0.2) is 4.68 Å². The predicted molar refractivity (Wildman–Crippen MR) is 135 cm³/mol. The number of aryl methyl sites for hydroxylation is 1. The van der Waals surface area contributed by atoms with E-state index in [1.807, 2.05) is 62.4 Å². The lowest BCUT2D eigenvalue weighted by Crippen LogP contribution is -2.45. The molecule has 9 nitrogen and oxygen atoms in total. The Labute approximate surface area is 210 Å². The highest BCUT2D eigenvalue weighted by Gasteiger charge is 2.31. The van der Waals surface area contributed by atoms with E-state index in [1.165, 1.54) is 0 Å². The first-order valence-electron chi connectivity index (χ1n) is 12.1. The maximum absolute atomic E-state index is 13.7. The summed E-state index contributed by atoms with van der Waals surface area (Å²) < 4.78 is 12.4. The van der Waals surface area contributed by atoms with E-state index in [-0.39, 0.29) is 24.9 Å². The molecule has 36 heavy (non-hydrogen) atoms. The molecule has 0 fully saturated rings. The molecule has 4 rings (SSSR count). The lowest BCUT2D eigenvalue weighted by molar-refractivity contribution is -0.141. The molecular formula is C27H31N5O4. The Morgan fingerprint density at radius 2 is 1.92 bits per heavy atom. The summed E-state index contributed by atoms with van der Waals surface area (Å²) in [4.78, 5) is 28.9. The second kappa shape index (κ2) is 12.1. The molecule has 0 unspecified atom stereocenters. The number of ether oxygens (including phenoxy) is 1. The van der Waals surface area contributed by atoms with Crippen molar-refractivity contribution in [3.05, 3.63) is 83.8 Å². The van der Waals surface area contributed by atoms with E-state index in [0.717, 1.165) is 16.6 Å². The van der Waals surface area contributed by atoms with Crippen LogP contribution in [0.1, 0.15) is 36.3 Å². The molecule has 2 amide bonds. The molecule has 9 heteroatoms. The highest BCUT2D eigenvalue weighted by molar-refractivity contribution is 5.89. The topological polar surface area (TPSA) is 102 Å². The second-order valence-corrected chi connectivity index (χ2v) is 8.48. The van der Waals surface area contributed by atoms with Crippen molar-refractivity contribution in [1.82, 2.24) is 25.2 Å². The third kappa shape index (κ3) is 6.17. The van der Waals surface area contributed by atoms with E-state index in [0.29, 0.717) is 37.5 Å². The Morgan fingerprint density at radius 1 is 1.11 bits per heavy atom. The summed E-state index contributed by atoms with van der Waals surface area (Å²) in [5.74, 6) is 0.110. The molecule has 1 atom stereocenters. The van der Waals surface area contributed by atoms with Gasteiger partial charge in [-0.3, -0.25) is 9.59 Å². The van der Waals surface area contributed by atoms with Gasteiger partial charge in [-0.2, -0.15) is 0 Å². The Balaban J connectivity index is 1.63. The van der Waals surface area contributed by atoms with Gasteiger partial charge in [0, 0.05) is 19.8 Å². The Bertz CT molecular complexity index is 1270. The Morgan fingerprint density at radius 3 is 2.67 bits per heavy atom. The van der Waals surface area contributed by atoms with E-state index in [1.54, 1.807) is 28.0 Å². The first-order valence-corrected chi connectivity index (χ1v) is 12.1. The van der Waals surface area contributed by atoms with Crippen LogP contribution in [0.4, 0.5) is 0 Å². The molecule has 2 aromatic heterocycles. The van der Waals surface area contributed by atoms with Gasteiger partial charge in [0.1, 0.15) is 23.9 Å². The van der Waals surface area contributed by atoms with Crippen LogP contribution >= 0.6 is 0 Å². The number of nitrogens with one attached hydrogen (secondary N) is 1. The summed E-state index contributed by atoms with van der Waals surface area (Å²) in [6.45, 7) is 5.52. The van der Waals surface area contributed by atoms with Crippen LogP contribution in [0.25, 0.3) is 11.0 Å². The van der Waals surface area contributed by atoms with Crippen LogP contribution in [0.15, 0.2) is 71.3 Å². The number of furan rings is 1. The number of carbonyl (C=O) groups excluding carboxylic acids is 2. The summed E-state index contributed by atoms with van der Waals surface area (Å²) in [7, 11) is 0. The van der Waals surface area contributed by atoms with Crippen molar-refractivity contribution in [2.75, 3.05) is 19.8 Å². The predicted octanol–water partition coefficient (Wildman–Crippen LogP) is 3.65. The van der Waals surface area contributed by atoms with Gasteiger partial charge in [0.25, 0.3) is 0 Å². The van der Waals surface area contributed by atoms with Gasteiger partial charge in [0.2, 0.25) is 11.8 Å². The number of benzene rings is 2. The van der Waals surface area contributed by atoms with Crippen molar-refractivity contribution in [2.45, 2.75) is 39.4 Å². The van der Waals surface area contributed by atoms with Crippen LogP contribution in [-0.2, 0) is 27.4 Å². The van der Waals surface area contributed by atoms with Gasteiger partial charge in [-0.05, 0) is 50.1 Å². The number of rotatable bonds is 12. The number of aromatic nitrogens is 3. The maximum Gasteiger partial charge on any atom is 0.247 e. The normalized spacial score (nSPS) is 11.9. The summed E-state index contributed by atoms with van der Waals surface area (Å²) in [6.07, 6.45) is 2.15. The van der Waals surface area contributed by atoms with Crippen LogP contribution < -0.4 is 5.32 Å². The van der Waals surface area contributed by atoms with Crippen LogP contribution in [-0.4, -0.2) is 51.5 Å². The first kappa shape index (κ1) is 25.1. The van der Waals surface area contributed by atoms with Gasteiger partial charge in [0.15, 0.2) is 0 Å². The molecule has 0 bridgehead atoms. The van der Waals surface area contributed by atoms with Crippen molar-refractivity contribution < 1.29 is 18.7 Å². The average molecular weight is 490 g/mol. The molecule has 0 saturated carbocycles. The number of fused-ring (bicyclic) bond motifs is 1. The zero-order valence-corrected chi connectivity index (χ0v) is 20.6. The minimum atomic E-state index is -0.829. The zero-order valence-electron chi connectivity index (χ0n) is 20.6. The SMILES string of the molecule is CCOCCCN(C(=O)Cn1nnc2ccccc21)[C@H](C(=O)NCc1ccco1)c1ccc(C)cc1. The van der Waals surface area contributed by atoms with Crippen molar-refractivity contribution >= 4 is 22.8 Å². The minimum absolute atomic E-state index is 0.0387. The van der Waals surface area contributed by atoms with E-state index in [9.17, 15) is 9.59 Å². The number of hydrogen-bond acceptors (Lipinski definition) is 6. The number of nitrogens with zero attached hydrogens (tertiary/aromatic N) is 4. The van der Waals surface area contributed by atoms with Gasteiger partial charge in [0.05, 0.1) is 18.3 Å². The highest BCUT2D eigenvalue weighted by Crippen LogP contribution is 2.24. The fourth-order valence-corrected chi connectivity index (χ4v) is 4.04. The highest BCUT2D eigenvalue weighted by atomic mass is 16.5. The van der Waals surface area contributed by atoms with Crippen LogP contribution in [0, 0.1) is 6.92 Å². The fraction of sp³-hybridized carbons (Fsp3) is 0.333. The van der Waals surface area contributed by atoms with Gasteiger partial charge >= 0.3 is 0 Å². The number of carbonyl (C=O) groups is 2. The van der Waals surface area contributed by atoms with E-state index in [2.05, 4.69) is 15.6 Å². The molecule has 4 aromatic rings. The number of para-hydroxylation sites is 1. The molecule has 2 heterocycles. The van der Waals surface area contributed by atoms with Crippen LogP contribution in [0.2, 0.25) is 0 Å². The molecule has 188 valence electrons. The summed E-state index contributed by atoms with van der Waals surface area (Å²) >= 11 is 0. The van der Waals surface area contributed by atoms with Gasteiger partial charge < -0.3 is 19.4 Å². The molecule has 0 radical (unpaired) electrons. The molecule has 0 aliphatic rings. The average Bonchev–Trinajstić information content (AvgIpc) is 3.56. The van der Waals surface area contributed by atoms with Crippen LogP contribution in [0.5, 0.6) is 0 Å². The quantitative estimate of drug-likeness (QED) is 0.305. The summed E-state index contributed by atoms with van der Waals surface area (Å²) in [5.41, 5.74) is 3.26. The fourth-order valence-electron chi connectivity index (χ4n) is 4.04. The third-order valence-corrected chi connectivity index (χ3v) is 5.89. The molecule has 0 aliphatic carbocycles. The van der Waals surface area contributed by atoms with Gasteiger partial charge in [-0.1, -0.05) is 47.2 Å². The standard InChI is InChI=1S/C27H31N5O4/c1-3-35-16-7-15-31(25(33)19-32-24-10-5-4-9-23(24)29-30-32)26(21-13-11-20(2)12-14-21)27(34)28-18-22-8-6-17-36-22/h4-6,8-14,17,26H,3,7,15-16,18-19H2,1-2H3,(H,28,34)/t26-/m0/s1. The number of amides is 2. The van der Waals surface area contributed by atoms with E-state index >= 15 is 0 Å². The molecule has 0 aliphatic heterocycles. The molecule has 0 saturated heterocycles. The number of hydrogen-bond donors (Lipinski definition) is 1. The van der Waals surface area contributed by atoms with Crippen molar-refractivity contribution in [2.24, 2.45) is 0 Å². The van der Waals surface area contributed by atoms with Crippen molar-refractivity contribution in [3.8, 4) is 0 Å². The first-order chi connectivity index (χ1) is 17.6. The molecule has 2 aromatic carbocycles. The second-order valence-electron chi connectivity index (χ2n) is 8.48. The Hall–Kier alpha value is -3.98. The monoisotopic (exact) mass is 489 g/mol. The lowest BCUT2D eigenvalue weighted by Gasteiger charge is -2.31. The van der Waals surface area contributed by atoms with E-state index in [4.69, 9.17) is 9.15 Å². The summed E-state index contributed by atoms with van der Waals surface area (Å²) in [6, 6.07) is 17.9. The third-order valence-electron chi connectivity index (χ3n) is 5.89. The maximum atomic E-state index is 13.7. The van der Waals surface area contributed by atoms with Crippen molar-refractivity contribution in [1.29, 1.82) is 0 Å². The van der Waals surface area contributed by atoms with Crippen molar-refractivity contribution in [3.63, 3.8) is 0 Å². The molecular weight excluding hydrogens is 458 g/mol. The minimum Gasteiger partial charge on any atom is -0.467 e. The summed E-state index contributed by atoms with van der Waals surface area (Å²) in [5, 5.41) is 11.3. The van der Waals surface area contributed by atoms with Gasteiger partial charge in [-0.15, -0.1) is 5.10 Å². The lowest BCUT2D eigenvalue weighted by atomic mass is 10.0.